The molecule has 206 valence electrons. The standard InChI is InChI=1S/C27H30F2N6O4/c1-14-18(10-33-26-25(14)31-4-7-38-26)17-8-15-9-22(32-11-19(15)24(30)23(17)29)34-27(36)39-21-2-5-35(12-20(21)28)16-3-6-37-13-16/h8-11,16,20-21,31H,2-7,12-13,30H2,1H3,(H,32,34,36)/t16?,20-,21+/m1/s1. The van der Waals surface area contributed by atoms with E-state index < -0.39 is 24.2 Å². The van der Waals surface area contributed by atoms with Crippen LogP contribution in [0.1, 0.15) is 18.4 Å². The maximum Gasteiger partial charge on any atom is 0.413 e. The molecule has 2 aromatic heterocycles. The second-order valence-electron chi connectivity index (χ2n) is 10.1. The Hall–Kier alpha value is -3.77. The number of aromatic nitrogens is 2. The zero-order valence-electron chi connectivity index (χ0n) is 21.5. The lowest BCUT2D eigenvalue weighted by Crippen LogP contribution is -2.50. The summed E-state index contributed by atoms with van der Waals surface area (Å²) in [6, 6.07) is 3.43. The molecule has 2 saturated heterocycles. The number of amides is 1. The average molecular weight is 541 g/mol. The summed E-state index contributed by atoms with van der Waals surface area (Å²) < 4.78 is 46.6. The fourth-order valence-electron chi connectivity index (χ4n) is 5.51. The van der Waals surface area contributed by atoms with Gasteiger partial charge in [0, 0.05) is 67.6 Å². The number of hydrogen-bond donors (Lipinski definition) is 3. The van der Waals surface area contributed by atoms with Gasteiger partial charge in [-0.05, 0) is 36.4 Å². The van der Waals surface area contributed by atoms with E-state index in [1.807, 2.05) is 6.92 Å². The molecule has 6 rings (SSSR count). The van der Waals surface area contributed by atoms with Gasteiger partial charge in [0.2, 0.25) is 5.88 Å². The first-order valence-corrected chi connectivity index (χ1v) is 13.1. The van der Waals surface area contributed by atoms with Crippen LogP contribution in [-0.2, 0) is 9.47 Å². The van der Waals surface area contributed by atoms with Gasteiger partial charge >= 0.3 is 6.09 Å². The highest BCUT2D eigenvalue weighted by Crippen LogP contribution is 2.39. The number of halogens is 2. The maximum atomic E-state index is 15.4. The highest BCUT2D eigenvalue weighted by molar-refractivity contribution is 5.99. The number of alkyl halides is 1. The van der Waals surface area contributed by atoms with Crippen molar-refractivity contribution in [2.45, 2.75) is 38.1 Å². The Kier molecular flexibility index (Phi) is 6.81. The van der Waals surface area contributed by atoms with Crippen LogP contribution in [0.5, 0.6) is 5.88 Å². The lowest BCUT2D eigenvalue weighted by Gasteiger charge is -2.37. The first-order chi connectivity index (χ1) is 18.9. The van der Waals surface area contributed by atoms with Gasteiger partial charge in [0.1, 0.15) is 30.4 Å². The Labute approximate surface area is 223 Å². The maximum absolute atomic E-state index is 15.4. The Morgan fingerprint density at radius 2 is 2.10 bits per heavy atom. The summed E-state index contributed by atoms with van der Waals surface area (Å²) in [6.07, 6.45) is 1.27. The van der Waals surface area contributed by atoms with Gasteiger partial charge in [-0.25, -0.2) is 23.5 Å². The largest absolute Gasteiger partial charge is 0.474 e. The zero-order valence-corrected chi connectivity index (χ0v) is 21.5. The number of anilines is 3. The van der Waals surface area contributed by atoms with Crippen molar-refractivity contribution in [3.05, 3.63) is 35.9 Å². The van der Waals surface area contributed by atoms with Crippen molar-refractivity contribution in [2.75, 3.05) is 55.8 Å². The normalized spacial score (nSPS) is 23.1. The van der Waals surface area contributed by atoms with Crippen LogP contribution >= 0.6 is 0 Å². The van der Waals surface area contributed by atoms with Gasteiger partial charge in [-0.2, -0.15) is 0 Å². The fourth-order valence-corrected chi connectivity index (χ4v) is 5.51. The second-order valence-corrected chi connectivity index (χ2v) is 10.1. The number of nitrogens with two attached hydrogens (primary N) is 1. The van der Waals surface area contributed by atoms with Crippen molar-refractivity contribution in [3.63, 3.8) is 0 Å². The molecule has 4 N–H and O–H groups in total. The molecular weight excluding hydrogens is 510 g/mol. The molecule has 3 aromatic rings. The number of fused-ring (bicyclic) bond motifs is 2. The van der Waals surface area contributed by atoms with E-state index in [9.17, 15) is 9.18 Å². The van der Waals surface area contributed by atoms with E-state index in [1.165, 1.54) is 6.20 Å². The van der Waals surface area contributed by atoms with Crippen LogP contribution in [0.3, 0.4) is 0 Å². The minimum atomic E-state index is -1.30. The quantitative estimate of drug-likeness (QED) is 0.423. The third-order valence-corrected chi connectivity index (χ3v) is 7.66. The van der Waals surface area contributed by atoms with Crippen molar-refractivity contribution in [3.8, 4) is 17.0 Å². The van der Waals surface area contributed by atoms with Crippen molar-refractivity contribution >= 4 is 34.1 Å². The van der Waals surface area contributed by atoms with Crippen molar-refractivity contribution < 1.29 is 27.8 Å². The van der Waals surface area contributed by atoms with Crippen molar-refractivity contribution in [1.29, 1.82) is 0 Å². The number of benzene rings is 1. The highest BCUT2D eigenvalue weighted by Gasteiger charge is 2.36. The number of hydrogen-bond acceptors (Lipinski definition) is 9. The zero-order chi connectivity index (χ0) is 27.1. The summed E-state index contributed by atoms with van der Waals surface area (Å²) in [7, 11) is 0. The molecule has 0 aliphatic carbocycles. The van der Waals surface area contributed by atoms with E-state index >= 15 is 4.39 Å². The van der Waals surface area contributed by atoms with Gasteiger partial charge < -0.3 is 25.3 Å². The lowest BCUT2D eigenvalue weighted by atomic mass is 9.97. The molecule has 12 heteroatoms. The summed E-state index contributed by atoms with van der Waals surface area (Å²) in [4.78, 5) is 23.2. The van der Waals surface area contributed by atoms with Crippen LogP contribution < -0.4 is 21.1 Å². The number of rotatable bonds is 4. The molecule has 1 aromatic carbocycles. The molecule has 0 radical (unpaired) electrons. The molecular formula is C27H30F2N6O4. The second kappa shape index (κ2) is 10.4. The van der Waals surface area contributed by atoms with Crippen LogP contribution in [0.15, 0.2) is 24.5 Å². The van der Waals surface area contributed by atoms with Gasteiger partial charge in [-0.1, -0.05) is 0 Å². The number of nitrogen functional groups attached to an aromatic ring is 1. The molecule has 5 heterocycles. The fraction of sp³-hybridized carbons (Fsp3) is 0.444. The Bertz CT molecular complexity index is 1420. The van der Waals surface area contributed by atoms with Crippen LogP contribution in [0.4, 0.5) is 30.8 Å². The topological polar surface area (TPSA) is 124 Å². The predicted octanol–water partition coefficient (Wildman–Crippen LogP) is 3.88. The van der Waals surface area contributed by atoms with E-state index in [-0.39, 0.29) is 29.7 Å². The number of pyridine rings is 2. The molecule has 0 bridgehead atoms. The van der Waals surface area contributed by atoms with Gasteiger partial charge in [-0.15, -0.1) is 0 Å². The van der Waals surface area contributed by atoms with Crippen LogP contribution in [-0.4, -0.2) is 78.7 Å². The lowest BCUT2D eigenvalue weighted by molar-refractivity contribution is -0.0161. The number of piperidine rings is 1. The van der Waals surface area contributed by atoms with E-state index in [0.717, 1.165) is 12.0 Å². The van der Waals surface area contributed by atoms with E-state index in [1.54, 1.807) is 18.3 Å². The predicted molar refractivity (Wildman–Crippen MR) is 142 cm³/mol. The summed E-state index contributed by atoms with van der Waals surface area (Å²) in [6.45, 7) is 5.11. The Balaban J connectivity index is 1.20. The van der Waals surface area contributed by atoms with E-state index in [2.05, 4.69) is 25.5 Å². The summed E-state index contributed by atoms with van der Waals surface area (Å²) in [5.41, 5.74) is 8.40. The smallest absolute Gasteiger partial charge is 0.413 e. The minimum absolute atomic E-state index is 0.0647. The van der Waals surface area contributed by atoms with E-state index in [0.29, 0.717) is 67.2 Å². The molecule has 1 amide bonds. The molecule has 2 fully saturated rings. The van der Waals surface area contributed by atoms with E-state index in [4.69, 9.17) is 19.9 Å². The van der Waals surface area contributed by atoms with Crippen molar-refractivity contribution in [1.82, 2.24) is 14.9 Å². The van der Waals surface area contributed by atoms with Crippen LogP contribution in [0, 0.1) is 12.7 Å². The molecule has 3 atom stereocenters. The number of likely N-dealkylation sites (tertiary alicyclic amines) is 1. The van der Waals surface area contributed by atoms with Gasteiger partial charge in [0.25, 0.3) is 0 Å². The molecule has 3 aliphatic heterocycles. The summed E-state index contributed by atoms with van der Waals surface area (Å²) in [5, 5.41) is 6.77. The average Bonchev–Trinajstić information content (AvgIpc) is 3.48. The number of nitrogens with zero attached hydrogens (tertiary/aromatic N) is 3. The van der Waals surface area contributed by atoms with Crippen LogP contribution in [0.25, 0.3) is 21.9 Å². The van der Waals surface area contributed by atoms with Gasteiger partial charge in [0.15, 0.2) is 5.82 Å². The summed E-state index contributed by atoms with van der Waals surface area (Å²) in [5.74, 6) is 0.0610. The first-order valence-electron chi connectivity index (χ1n) is 13.1. The van der Waals surface area contributed by atoms with Gasteiger partial charge in [0.05, 0.1) is 12.3 Å². The number of carbonyl (C=O) groups excluding carboxylic acids is 1. The Morgan fingerprint density at radius 3 is 2.90 bits per heavy atom. The van der Waals surface area contributed by atoms with Gasteiger partial charge in [-0.3, -0.25) is 10.2 Å². The third kappa shape index (κ3) is 4.89. The molecule has 0 saturated carbocycles. The monoisotopic (exact) mass is 540 g/mol. The first kappa shape index (κ1) is 25.5. The third-order valence-electron chi connectivity index (χ3n) is 7.66. The molecule has 3 aliphatic rings. The number of ether oxygens (including phenoxy) is 3. The Morgan fingerprint density at radius 1 is 1.23 bits per heavy atom. The SMILES string of the molecule is Cc1c(-c2cc3cc(NC(=O)O[C@H]4CCN(C5CCOC5)C[C@H]4F)ncc3c(N)c2F)cnc2c1NCCO2. The van der Waals surface area contributed by atoms with Crippen LogP contribution in [0.2, 0.25) is 0 Å². The molecule has 39 heavy (non-hydrogen) atoms. The molecule has 1 unspecified atom stereocenters. The number of nitrogens with one attached hydrogen (secondary N) is 2. The summed E-state index contributed by atoms with van der Waals surface area (Å²) >= 11 is 0. The molecule has 0 spiro atoms. The van der Waals surface area contributed by atoms with Crippen molar-refractivity contribution in [2.24, 2.45) is 0 Å². The molecule has 10 nitrogen and oxygen atoms in total. The number of carbonyl (C=O) groups is 1. The highest BCUT2D eigenvalue weighted by atomic mass is 19.1. The minimum Gasteiger partial charge on any atom is -0.474 e.